The molecule has 1 saturated heterocycles. The average Bonchev–Trinajstić information content (AvgIpc) is 2.62. The minimum absolute atomic E-state index is 0.142. The quantitative estimate of drug-likeness (QED) is 0.367. The Kier molecular flexibility index (Phi) is 4.98. The molecule has 0 aromatic heterocycles. The van der Waals surface area contributed by atoms with E-state index in [2.05, 4.69) is 5.32 Å². The van der Waals surface area contributed by atoms with Crippen molar-refractivity contribution < 1.29 is 19.3 Å². The SMILES string of the molecule is Cc1ccc(N2C(=O)NC(=O)/C(=C/c3ccc(C)c([N+](=O)[O-])c3)C2=O)cc1Cl. The zero-order chi connectivity index (χ0) is 20.6. The molecule has 0 radical (unpaired) electrons. The Labute approximate surface area is 164 Å². The van der Waals surface area contributed by atoms with Gasteiger partial charge in [0.1, 0.15) is 5.57 Å². The van der Waals surface area contributed by atoms with Crippen molar-refractivity contribution in [3.05, 3.63) is 73.8 Å². The molecule has 0 atom stereocenters. The van der Waals surface area contributed by atoms with Gasteiger partial charge in [0, 0.05) is 16.7 Å². The van der Waals surface area contributed by atoms with Crippen LogP contribution >= 0.6 is 11.6 Å². The predicted octanol–water partition coefficient (Wildman–Crippen LogP) is 3.53. The van der Waals surface area contributed by atoms with Crippen molar-refractivity contribution in [2.75, 3.05) is 4.90 Å². The Bertz CT molecular complexity index is 1080. The maximum atomic E-state index is 12.8. The van der Waals surface area contributed by atoms with Crippen molar-refractivity contribution >= 4 is 46.9 Å². The number of nitro groups is 1. The molecule has 8 nitrogen and oxygen atoms in total. The molecule has 4 amide bonds. The van der Waals surface area contributed by atoms with E-state index < -0.39 is 22.8 Å². The third kappa shape index (κ3) is 3.49. The lowest BCUT2D eigenvalue weighted by atomic mass is 10.0. The number of halogens is 1. The monoisotopic (exact) mass is 399 g/mol. The highest BCUT2D eigenvalue weighted by molar-refractivity contribution is 6.39. The molecule has 1 aliphatic rings. The number of carbonyl (C=O) groups is 3. The van der Waals surface area contributed by atoms with E-state index in [1.54, 1.807) is 26.0 Å². The van der Waals surface area contributed by atoms with Crippen LogP contribution in [0.2, 0.25) is 5.02 Å². The number of urea groups is 1. The molecule has 1 N–H and O–H groups in total. The van der Waals surface area contributed by atoms with Gasteiger partial charge < -0.3 is 0 Å². The van der Waals surface area contributed by atoms with Crippen LogP contribution in [0.4, 0.5) is 16.2 Å². The van der Waals surface area contributed by atoms with E-state index in [4.69, 9.17) is 11.6 Å². The normalized spacial score (nSPS) is 15.8. The molecule has 28 heavy (non-hydrogen) atoms. The van der Waals surface area contributed by atoms with Crippen LogP contribution in [0, 0.1) is 24.0 Å². The average molecular weight is 400 g/mol. The summed E-state index contributed by atoms with van der Waals surface area (Å²) in [6.45, 7) is 3.35. The van der Waals surface area contributed by atoms with Gasteiger partial charge in [-0.25, -0.2) is 9.69 Å². The first kappa shape index (κ1) is 19.2. The van der Waals surface area contributed by atoms with Gasteiger partial charge >= 0.3 is 6.03 Å². The smallest absolute Gasteiger partial charge is 0.273 e. The number of hydrogen-bond acceptors (Lipinski definition) is 5. The van der Waals surface area contributed by atoms with E-state index in [-0.39, 0.29) is 22.5 Å². The minimum atomic E-state index is -0.901. The largest absolute Gasteiger partial charge is 0.335 e. The van der Waals surface area contributed by atoms with Gasteiger partial charge in [0.2, 0.25) is 0 Å². The fourth-order valence-corrected chi connectivity index (χ4v) is 2.87. The number of benzene rings is 2. The lowest BCUT2D eigenvalue weighted by Crippen LogP contribution is -2.54. The predicted molar refractivity (Wildman–Crippen MR) is 103 cm³/mol. The fraction of sp³-hybridized carbons (Fsp3) is 0.105. The third-order valence-electron chi connectivity index (χ3n) is 4.26. The van der Waals surface area contributed by atoms with Gasteiger partial charge in [0.05, 0.1) is 10.6 Å². The standard InChI is InChI=1S/C19H14ClN3O5/c1-10-4-6-13(9-15(10)20)22-18(25)14(17(24)21-19(22)26)7-12-5-3-11(2)16(8-12)23(27)28/h3-9H,1-2H3,(H,21,24,26)/b14-7-. The molecule has 0 bridgehead atoms. The van der Waals surface area contributed by atoms with Crippen LogP contribution in [0.3, 0.4) is 0 Å². The molecule has 3 rings (SSSR count). The first-order valence-corrected chi connectivity index (χ1v) is 8.49. The van der Waals surface area contributed by atoms with Crippen molar-refractivity contribution in [3.8, 4) is 0 Å². The van der Waals surface area contributed by atoms with E-state index in [0.29, 0.717) is 10.6 Å². The van der Waals surface area contributed by atoms with Gasteiger partial charge in [-0.15, -0.1) is 0 Å². The van der Waals surface area contributed by atoms with E-state index in [9.17, 15) is 24.5 Å². The molecule has 2 aromatic carbocycles. The lowest BCUT2D eigenvalue weighted by Gasteiger charge is -2.26. The topological polar surface area (TPSA) is 110 Å². The van der Waals surface area contributed by atoms with E-state index in [1.165, 1.54) is 30.3 Å². The van der Waals surface area contributed by atoms with E-state index >= 15 is 0 Å². The number of nitrogens with one attached hydrogen (secondary N) is 1. The summed E-state index contributed by atoms with van der Waals surface area (Å²) in [4.78, 5) is 48.6. The van der Waals surface area contributed by atoms with Crippen molar-refractivity contribution in [2.45, 2.75) is 13.8 Å². The number of carbonyl (C=O) groups excluding carboxylic acids is 3. The van der Waals surface area contributed by atoms with Crippen LogP contribution in [0.1, 0.15) is 16.7 Å². The lowest BCUT2D eigenvalue weighted by molar-refractivity contribution is -0.385. The van der Waals surface area contributed by atoms with Gasteiger partial charge in [0.15, 0.2) is 0 Å². The highest BCUT2D eigenvalue weighted by Crippen LogP contribution is 2.27. The summed E-state index contributed by atoms with van der Waals surface area (Å²) in [5.74, 6) is -1.73. The van der Waals surface area contributed by atoms with Crippen LogP contribution in [0.5, 0.6) is 0 Å². The van der Waals surface area contributed by atoms with Gasteiger partial charge in [-0.05, 0) is 43.2 Å². The number of aryl methyl sites for hydroxylation is 2. The van der Waals surface area contributed by atoms with Crippen molar-refractivity contribution in [1.82, 2.24) is 5.32 Å². The molecule has 2 aromatic rings. The van der Waals surface area contributed by atoms with Crippen molar-refractivity contribution in [1.29, 1.82) is 0 Å². The van der Waals surface area contributed by atoms with Gasteiger partial charge in [-0.1, -0.05) is 29.8 Å². The summed E-state index contributed by atoms with van der Waals surface area (Å²) in [5.41, 5.74) is 1.22. The summed E-state index contributed by atoms with van der Waals surface area (Å²) < 4.78 is 0. The number of amides is 4. The second-order valence-corrected chi connectivity index (χ2v) is 6.60. The number of nitrogens with zero attached hydrogens (tertiary/aromatic N) is 2. The molecule has 1 fully saturated rings. The van der Waals surface area contributed by atoms with Crippen LogP contribution in [0.15, 0.2) is 42.0 Å². The van der Waals surface area contributed by atoms with Crippen LogP contribution < -0.4 is 10.2 Å². The second-order valence-electron chi connectivity index (χ2n) is 6.19. The second kappa shape index (κ2) is 7.24. The van der Waals surface area contributed by atoms with Crippen LogP contribution in [0.25, 0.3) is 6.08 Å². The number of barbiturate groups is 1. The summed E-state index contributed by atoms with van der Waals surface area (Å²) in [7, 11) is 0. The zero-order valence-electron chi connectivity index (χ0n) is 14.9. The maximum Gasteiger partial charge on any atom is 0.335 e. The molecule has 0 spiro atoms. The highest BCUT2D eigenvalue weighted by Gasteiger charge is 2.37. The van der Waals surface area contributed by atoms with E-state index in [1.807, 2.05) is 0 Å². The van der Waals surface area contributed by atoms with Crippen LogP contribution in [-0.4, -0.2) is 22.8 Å². The number of hydrogen-bond donors (Lipinski definition) is 1. The summed E-state index contributed by atoms with van der Waals surface area (Å²) in [5, 5.41) is 13.6. The molecular weight excluding hydrogens is 386 g/mol. The van der Waals surface area contributed by atoms with Crippen LogP contribution in [-0.2, 0) is 9.59 Å². The van der Waals surface area contributed by atoms with Gasteiger partial charge in [-0.2, -0.15) is 0 Å². The molecule has 142 valence electrons. The fourth-order valence-electron chi connectivity index (χ4n) is 2.69. The van der Waals surface area contributed by atoms with E-state index in [0.717, 1.165) is 10.5 Å². The summed E-state index contributed by atoms with van der Waals surface area (Å²) in [6, 6.07) is 8.02. The molecule has 0 saturated carbocycles. The molecule has 0 unspecified atom stereocenters. The third-order valence-corrected chi connectivity index (χ3v) is 4.66. The maximum absolute atomic E-state index is 12.8. The minimum Gasteiger partial charge on any atom is -0.273 e. The highest BCUT2D eigenvalue weighted by atomic mass is 35.5. The zero-order valence-corrected chi connectivity index (χ0v) is 15.6. The van der Waals surface area contributed by atoms with Crippen molar-refractivity contribution in [3.63, 3.8) is 0 Å². The number of anilines is 1. The first-order chi connectivity index (χ1) is 13.2. The Morgan fingerprint density at radius 2 is 1.75 bits per heavy atom. The summed E-state index contributed by atoms with van der Waals surface area (Å²) in [6.07, 6.45) is 1.21. The number of nitro benzene ring substituents is 1. The van der Waals surface area contributed by atoms with Gasteiger partial charge in [-0.3, -0.25) is 25.0 Å². The molecule has 9 heteroatoms. The Morgan fingerprint density at radius 3 is 2.39 bits per heavy atom. The Morgan fingerprint density at radius 1 is 1.07 bits per heavy atom. The Balaban J connectivity index is 2.05. The Hall–Kier alpha value is -3.52. The molecule has 0 aliphatic carbocycles. The molecule has 1 heterocycles. The number of imide groups is 2. The number of rotatable bonds is 3. The van der Waals surface area contributed by atoms with Crippen molar-refractivity contribution in [2.24, 2.45) is 0 Å². The molecule has 1 aliphatic heterocycles. The van der Waals surface area contributed by atoms with Gasteiger partial charge in [0.25, 0.3) is 17.5 Å². The molecular formula is C19H14ClN3O5. The summed E-state index contributed by atoms with van der Waals surface area (Å²) >= 11 is 6.07. The first-order valence-electron chi connectivity index (χ1n) is 8.11.